The molecule has 0 aliphatic carbocycles. The first-order chi connectivity index (χ1) is 7.04. The van der Waals surface area contributed by atoms with E-state index in [0.29, 0.717) is 18.5 Å². The third-order valence-corrected chi connectivity index (χ3v) is 3.45. The lowest BCUT2D eigenvalue weighted by molar-refractivity contribution is -0.142. The zero-order valence-electron chi connectivity index (χ0n) is 10.3. The smallest absolute Gasteiger partial charge is 0.307 e. The fourth-order valence-electron chi connectivity index (χ4n) is 2.52. The highest BCUT2D eigenvalue weighted by atomic mass is 16.5. The summed E-state index contributed by atoms with van der Waals surface area (Å²) in [6, 6.07) is 0.897. The molecular weight excluding hydrogens is 190 g/mol. The molecule has 1 heterocycles. The quantitative estimate of drug-likeness (QED) is 0.672. The van der Waals surface area contributed by atoms with Crippen molar-refractivity contribution in [2.45, 2.75) is 52.1 Å². The van der Waals surface area contributed by atoms with Gasteiger partial charge in [0.1, 0.15) is 0 Å². The number of piperidine rings is 1. The second-order valence-corrected chi connectivity index (χ2v) is 4.85. The maximum atomic E-state index is 11.2. The fourth-order valence-corrected chi connectivity index (χ4v) is 2.52. The van der Waals surface area contributed by atoms with Gasteiger partial charge in [0, 0.05) is 12.1 Å². The van der Waals surface area contributed by atoms with Crippen LogP contribution in [0, 0.1) is 5.92 Å². The van der Waals surface area contributed by atoms with Gasteiger partial charge < -0.3 is 4.74 Å². The molecule has 3 heteroatoms. The second-order valence-electron chi connectivity index (χ2n) is 4.85. The third kappa shape index (κ3) is 3.49. The summed E-state index contributed by atoms with van der Waals surface area (Å²) in [7, 11) is 1.46. The highest BCUT2D eigenvalue weighted by Gasteiger charge is 2.27. The van der Waals surface area contributed by atoms with Crippen LogP contribution in [0.4, 0.5) is 0 Å². The van der Waals surface area contributed by atoms with Crippen molar-refractivity contribution < 1.29 is 9.53 Å². The first kappa shape index (κ1) is 12.5. The molecule has 1 aliphatic heterocycles. The van der Waals surface area contributed by atoms with E-state index in [2.05, 4.69) is 25.7 Å². The van der Waals surface area contributed by atoms with Crippen LogP contribution in [-0.4, -0.2) is 36.6 Å². The summed E-state index contributed by atoms with van der Waals surface area (Å²) in [4.78, 5) is 13.6. The minimum Gasteiger partial charge on any atom is -0.469 e. The van der Waals surface area contributed by atoms with Crippen LogP contribution < -0.4 is 0 Å². The Morgan fingerprint density at radius 3 is 2.73 bits per heavy atom. The molecule has 1 rings (SSSR count). The number of nitrogens with zero attached hydrogens (tertiary/aromatic N) is 1. The lowest BCUT2D eigenvalue weighted by atomic mass is 9.92. The van der Waals surface area contributed by atoms with E-state index in [-0.39, 0.29) is 5.97 Å². The van der Waals surface area contributed by atoms with Crippen molar-refractivity contribution in [3.63, 3.8) is 0 Å². The van der Waals surface area contributed by atoms with Crippen molar-refractivity contribution in [2.24, 2.45) is 5.92 Å². The van der Waals surface area contributed by atoms with Crippen LogP contribution in [0.15, 0.2) is 0 Å². The first-order valence-corrected chi connectivity index (χ1v) is 5.87. The summed E-state index contributed by atoms with van der Waals surface area (Å²) in [6.45, 7) is 7.78. The average molecular weight is 213 g/mol. The predicted molar refractivity (Wildman–Crippen MR) is 60.7 cm³/mol. The highest BCUT2D eigenvalue weighted by molar-refractivity contribution is 5.69. The zero-order chi connectivity index (χ0) is 11.4. The third-order valence-electron chi connectivity index (χ3n) is 3.45. The number of esters is 1. The predicted octanol–water partition coefficient (Wildman–Crippen LogP) is 2.06. The average Bonchev–Trinajstić information content (AvgIpc) is 2.17. The summed E-state index contributed by atoms with van der Waals surface area (Å²) in [5.74, 6) is 0.717. The van der Waals surface area contributed by atoms with Crippen molar-refractivity contribution in [2.75, 3.05) is 13.7 Å². The molecule has 15 heavy (non-hydrogen) atoms. The Hall–Kier alpha value is -0.570. The lowest BCUT2D eigenvalue weighted by Gasteiger charge is -2.40. The summed E-state index contributed by atoms with van der Waals surface area (Å²) < 4.78 is 4.70. The molecule has 3 atom stereocenters. The van der Waals surface area contributed by atoms with E-state index in [1.54, 1.807) is 0 Å². The van der Waals surface area contributed by atoms with E-state index in [1.807, 2.05) is 0 Å². The number of methoxy groups -OCH3 is 1. The van der Waals surface area contributed by atoms with E-state index in [4.69, 9.17) is 4.74 Å². The van der Waals surface area contributed by atoms with Gasteiger partial charge >= 0.3 is 5.97 Å². The van der Waals surface area contributed by atoms with Gasteiger partial charge in [-0.05, 0) is 39.2 Å². The Balaban J connectivity index is 2.45. The Morgan fingerprint density at radius 2 is 2.20 bits per heavy atom. The number of rotatable bonds is 3. The topological polar surface area (TPSA) is 29.5 Å². The van der Waals surface area contributed by atoms with Gasteiger partial charge in [-0.25, -0.2) is 0 Å². The molecule has 88 valence electrons. The van der Waals surface area contributed by atoms with Crippen LogP contribution in [0.2, 0.25) is 0 Å². The van der Waals surface area contributed by atoms with Crippen LogP contribution in [0.1, 0.15) is 40.0 Å². The summed E-state index contributed by atoms with van der Waals surface area (Å²) in [5, 5.41) is 0. The number of hydrogen-bond donors (Lipinski definition) is 0. The van der Waals surface area contributed by atoms with Crippen molar-refractivity contribution in [3.05, 3.63) is 0 Å². The van der Waals surface area contributed by atoms with Crippen LogP contribution in [0.3, 0.4) is 0 Å². The maximum absolute atomic E-state index is 11.2. The van der Waals surface area contributed by atoms with Gasteiger partial charge in [0.25, 0.3) is 0 Å². The highest BCUT2D eigenvalue weighted by Crippen LogP contribution is 2.24. The molecule has 0 saturated carbocycles. The molecule has 1 fully saturated rings. The molecule has 0 spiro atoms. The largest absolute Gasteiger partial charge is 0.469 e. The Bertz CT molecular complexity index is 218. The Labute approximate surface area is 92.8 Å². The molecular formula is C12H23NO2. The van der Waals surface area contributed by atoms with Crippen LogP contribution in [-0.2, 0) is 9.53 Å². The van der Waals surface area contributed by atoms with E-state index >= 15 is 0 Å². The number of ether oxygens (including phenoxy) is 1. The molecule has 0 radical (unpaired) electrons. The monoisotopic (exact) mass is 213 g/mol. The molecule has 3 unspecified atom stereocenters. The molecule has 0 aromatic carbocycles. The summed E-state index contributed by atoms with van der Waals surface area (Å²) in [5.41, 5.74) is 0. The van der Waals surface area contributed by atoms with Gasteiger partial charge in [-0.2, -0.15) is 0 Å². The summed E-state index contributed by atoms with van der Waals surface area (Å²) >= 11 is 0. The molecule has 1 aliphatic rings. The first-order valence-electron chi connectivity index (χ1n) is 5.87. The minimum atomic E-state index is -0.103. The van der Waals surface area contributed by atoms with Crippen LogP contribution in [0.25, 0.3) is 0 Å². The molecule has 3 nitrogen and oxygen atoms in total. The standard InChI is InChI=1S/C12H23NO2/c1-9-5-6-13(10(2)7-9)11(3)8-12(14)15-4/h9-11H,5-8H2,1-4H3. The zero-order valence-corrected chi connectivity index (χ0v) is 10.3. The van der Waals surface area contributed by atoms with Gasteiger partial charge in [0.15, 0.2) is 0 Å². The van der Waals surface area contributed by atoms with Gasteiger partial charge in [-0.1, -0.05) is 6.92 Å². The molecule has 0 amide bonds. The molecule has 0 N–H and O–H groups in total. The van der Waals surface area contributed by atoms with Crippen molar-refractivity contribution in [3.8, 4) is 0 Å². The van der Waals surface area contributed by atoms with Gasteiger partial charge in [-0.3, -0.25) is 9.69 Å². The van der Waals surface area contributed by atoms with E-state index in [1.165, 1.54) is 20.0 Å². The van der Waals surface area contributed by atoms with Gasteiger partial charge in [0.05, 0.1) is 13.5 Å². The van der Waals surface area contributed by atoms with Gasteiger partial charge in [0.2, 0.25) is 0 Å². The minimum absolute atomic E-state index is 0.103. The van der Waals surface area contributed by atoms with Crippen molar-refractivity contribution in [1.82, 2.24) is 4.90 Å². The van der Waals surface area contributed by atoms with Crippen LogP contribution >= 0.6 is 0 Å². The number of hydrogen-bond acceptors (Lipinski definition) is 3. The molecule has 1 saturated heterocycles. The van der Waals surface area contributed by atoms with E-state index in [9.17, 15) is 4.79 Å². The Kier molecular flexibility index (Phi) is 4.58. The Morgan fingerprint density at radius 1 is 1.53 bits per heavy atom. The van der Waals surface area contributed by atoms with E-state index < -0.39 is 0 Å². The molecule has 0 bridgehead atoms. The normalized spacial score (nSPS) is 29.9. The fraction of sp³-hybridized carbons (Fsp3) is 0.917. The maximum Gasteiger partial charge on any atom is 0.307 e. The van der Waals surface area contributed by atoms with Crippen LogP contribution in [0.5, 0.6) is 0 Å². The van der Waals surface area contributed by atoms with E-state index in [0.717, 1.165) is 12.5 Å². The number of carbonyl (C=O) groups is 1. The SMILES string of the molecule is COC(=O)CC(C)N1CCC(C)CC1C. The second kappa shape index (κ2) is 5.50. The van der Waals surface area contributed by atoms with Gasteiger partial charge in [-0.15, -0.1) is 0 Å². The lowest BCUT2D eigenvalue weighted by Crippen LogP contribution is -2.46. The molecule has 0 aromatic heterocycles. The summed E-state index contributed by atoms with van der Waals surface area (Å²) in [6.07, 6.45) is 3.00. The van der Waals surface area contributed by atoms with Crippen molar-refractivity contribution in [1.29, 1.82) is 0 Å². The van der Waals surface area contributed by atoms with Crippen molar-refractivity contribution >= 4 is 5.97 Å². The number of likely N-dealkylation sites (tertiary alicyclic amines) is 1. The number of carbonyl (C=O) groups excluding carboxylic acids is 1. The molecule has 0 aromatic rings.